The highest BCUT2D eigenvalue weighted by atomic mass is 35.5. The molecule has 0 aliphatic rings. The predicted molar refractivity (Wildman–Crippen MR) is 97.8 cm³/mol. The SMILES string of the molecule is CCn1c(=NC(=O)Cc2ccc(Cl)cc2)sc2cccc(OC)c21. The minimum absolute atomic E-state index is 0.176. The zero-order valence-electron chi connectivity index (χ0n) is 13.5. The van der Waals surface area contributed by atoms with E-state index in [4.69, 9.17) is 16.3 Å². The van der Waals surface area contributed by atoms with Crippen molar-refractivity contribution in [3.05, 3.63) is 57.9 Å². The number of fused-ring (bicyclic) bond motifs is 1. The molecule has 124 valence electrons. The summed E-state index contributed by atoms with van der Waals surface area (Å²) in [7, 11) is 1.65. The molecule has 4 nitrogen and oxygen atoms in total. The van der Waals surface area contributed by atoms with Gasteiger partial charge in [-0.3, -0.25) is 4.79 Å². The monoisotopic (exact) mass is 360 g/mol. The van der Waals surface area contributed by atoms with Crippen LogP contribution in [0.1, 0.15) is 12.5 Å². The predicted octanol–water partition coefficient (Wildman–Crippen LogP) is 4.05. The van der Waals surface area contributed by atoms with Crippen LogP contribution in [0.3, 0.4) is 0 Å². The fourth-order valence-electron chi connectivity index (χ4n) is 2.56. The Balaban J connectivity index is 2.00. The number of thiazole rings is 1. The molecule has 0 saturated heterocycles. The van der Waals surface area contributed by atoms with Gasteiger partial charge >= 0.3 is 0 Å². The second-order valence-electron chi connectivity index (χ2n) is 5.24. The number of benzene rings is 2. The summed E-state index contributed by atoms with van der Waals surface area (Å²) in [6, 6.07) is 13.1. The number of halogens is 1. The average Bonchev–Trinajstić information content (AvgIpc) is 2.93. The molecule has 0 aliphatic carbocycles. The van der Waals surface area contributed by atoms with Crippen molar-refractivity contribution in [2.75, 3.05) is 7.11 Å². The fourth-order valence-corrected chi connectivity index (χ4v) is 3.82. The maximum atomic E-state index is 12.3. The van der Waals surface area contributed by atoms with Crippen LogP contribution in [0.4, 0.5) is 0 Å². The second kappa shape index (κ2) is 7.20. The number of carbonyl (C=O) groups excluding carboxylic acids is 1. The minimum Gasteiger partial charge on any atom is -0.495 e. The van der Waals surface area contributed by atoms with E-state index in [1.807, 2.05) is 41.8 Å². The van der Waals surface area contributed by atoms with Crippen molar-refractivity contribution in [1.82, 2.24) is 4.57 Å². The molecule has 0 radical (unpaired) electrons. The quantitative estimate of drug-likeness (QED) is 0.704. The van der Waals surface area contributed by atoms with Crippen molar-refractivity contribution in [2.45, 2.75) is 19.9 Å². The lowest BCUT2D eigenvalue weighted by molar-refractivity contribution is -0.117. The van der Waals surface area contributed by atoms with E-state index in [9.17, 15) is 4.79 Å². The molecule has 0 N–H and O–H groups in total. The molecular weight excluding hydrogens is 344 g/mol. The largest absolute Gasteiger partial charge is 0.495 e. The van der Waals surface area contributed by atoms with E-state index in [-0.39, 0.29) is 12.3 Å². The van der Waals surface area contributed by atoms with Crippen molar-refractivity contribution in [3.63, 3.8) is 0 Å². The van der Waals surface area contributed by atoms with Crippen molar-refractivity contribution >= 4 is 39.1 Å². The van der Waals surface area contributed by atoms with Crippen LogP contribution in [0.2, 0.25) is 5.02 Å². The van der Waals surface area contributed by atoms with Crippen molar-refractivity contribution in [3.8, 4) is 5.75 Å². The third-order valence-corrected chi connectivity index (χ3v) is 4.98. The van der Waals surface area contributed by atoms with Gasteiger partial charge in [0.25, 0.3) is 5.91 Å². The van der Waals surface area contributed by atoms with Gasteiger partial charge in [0.05, 0.1) is 18.2 Å². The number of carbonyl (C=O) groups is 1. The molecule has 0 spiro atoms. The summed E-state index contributed by atoms with van der Waals surface area (Å²) >= 11 is 7.36. The third-order valence-electron chi connectivity index (χ3n) is 3.69. The highest BCUT2D eigenvalue weighted by Gasteiger charge is 2.11. The van der Waals surface area contributed by atoms with Gasteiger partial charge in [-0.15, -0.1) is 0 Å². The number of ether oxygens (including phenoxy) is 1. The summed E-state index contributed by atoms with van der Waals surface area (Å²) in [4.78, 5) is 17.3. The molecule has 3 aromatic rings. The number of para-hydroxylation sites is 1. The topological polar surface area (TPSA) is 43.6 Å². The highest BCUT2D eigenvalue weighted by molar-refractivity contribution is 7.16. The first kappa shape index (κ1) is 16.7. The summed E-state index contributed by atoms with van der Waals surface area (Å²) in [6.45, 7) is 2.74. The van der Waals surface area contributed by atoms with Crippen LogP contribution in [0, 0.1) is 0 Å². The molecule has 0 atom stereocenters. The van der Waals surface area contributed by atoms with Gasteiger partial charge < -0.3 is 9.30 Å². The van der Waals surface area contributed by atoms with Gasteiger partial charge in [0.2, 0.25) is 0 Å². The van der Waals surface area contributed by atoms with Crippen molar-refractivity contribution in [2.24, 2.45) is 4.99 Å². The van der Waals surface area contributed by atoms with Gasteiger partial charge in [0.1, 0.15) is 11.3 Å². The summed E-state index contributed by atoms with van der Waals surface area (Å²) in [5, 5.41) is 0.656. The van der Waals surface area contributed by atoms with Crippen LogP contribution in [-0.4, -0.2) is 17.6 Å². The van der Waals surface area contributed by atoms with E-state index in [1.54, 1.807) is 19.2 Å². The fraction of sp³-hybridized carbons (Fsp3) is 0.222. The Morgan fingerprint density at radius 2 is 2.00 bits per heavy atom. The van der Waals surface area contributed by atoms with Gasteiger partial charge in [0.15, 0.2) is 4.80 Å². The van der Waals surface area contributed by atoms with Crippen LogP contribution < -0.4 is 9.54 Å². The number of nitrogens with zero attached hydrogens (tertiary/aromatic N) is 2. The Morgan fingerprint density at radius 3 is 2.67 bits per heavy atom. The molecule has 0 unspecified atom stereocenters. The zero-order valence-corrected chi connectivity index (χ0v) is 15.0. The van der Waals surface area contributed by atoms with E-state index in [0.717, 1.165) is 21.5 Å². The minimum atomic E-state index is -0.176. The van der Waals surface area contributed by atoms with Crippen LogP contribution in [0.15, 0.2) is 47.5 Å². The van der Waals surface area contributed by atoms with E-state index >= 15 is 0 Å². The van der Waals surface area contributed by atoms with E-state index < -0.39 is 0 Å². The molecule has 0 fully saturated rings. The van der Waals surface area contributed by atoms with E-state index in [2.05, 4.69) is 4.99 Å². The molecule has 0 aliphatic heterocycles. The van der Waals surface area contributed by atoms with Crippen molar-refractivity contribution in [1.29, 1.82) is 0 Å². The smallest absolute Gasteiger partial charge is 0.252 e. The molecular formula is C18H17ClN2O2S. The first-order valence-corrected chi connectivity index (χ1v) is 8.80. The Hall–Kier alpha value is -2.11. The standard InChI is InChI=1S/C18H17ClN2O2S/c1-3-21-17-14(23-2)5-4-6-15(17)24-18(21)20-16(22)11-12-7-9-13(19)10-8-12/h4-10H,3,11H2,1-2H3. The molecule has 0 bridgehead atoms. The number of aromatic nitrogens is 1. The number of hydrogen-bond donors (Lipinski definition) is 0. The molecule has 1 heterocycles. The van der Waals surface area contributed by atoms with Crippen LogP contribution in [-0.2, 0) is 17.8 Å². The highest BCUT2D eigenvalue weighted by Crippen LogP contribution is 2.27. The van der Waals surface area contributed by atoms with Crippen LogP contribution in [0.5, 0.6) is 5.75 Å². The van der Waals surface area contributed by atoms with Gasteiger partial charge in [-0.2, -0.15) is 4.99 Å². The molecule has 3 rings (SSSR count). The molecule has 6 heteroatoms. The Morgan fingerprint density at radius 1 is 1.25 bits per heavy atom. The summed E-state index contributed by atoms with van der Waals surface area (Å²) in [5.41, 5.74) is 1.88. The first-order valence-electron chi connectivity index (χ1n) is 7.60. The van der Waals surface area contributed by atoms with Gasteiger partial charge in [0, 0.05) is 11.6 Å². The molecule has 1 amide bonds. The number of amides is 1. The second-order valence-corrected chi connectivity index (χ2v) is 6.69. The Kier molecular flexibility index (Phi) is 5.02. The third kappa shape index (κ3) is 3.37. The number of methoxy groups -OCH3 is 1. The Bertz CT molecular complexity index is 942. The number of aryl methyl sites for hydroxylation is 1. The van der Waals surface area contributed by atoms with Crippen molar-refractivity contribution < 1.29 is 9.53 Å². The van der Waals surface area contributed by atoms with Gasteiger partial charge in [-0.05, 0) is 36.8 Å². The van der Waals surface area contributed by atoms with Gasteiger partial charge in [-0.25, -0.2) is 0 Å². The summed E-state index contributed by atoms with van der Waals surface area (Å²) < 4.78 is 8.50. The summed E-state index contributed by atoms with van der Waals surface area (Å²) in [5.74, 6) is 0.613. The molecule has 2 aromatic carbocycles. The lowest BCUT2D eigenvalue weighted by Crippen LogP contribution is -2.16. The molecule has 1 aromatic heterocycles. The first-order chi connectivity index (χ1) is 11.6. The summed E-state index contributed by atoms with van der Waals surface area (Å²) in [6.07, 6.45) is 0.256. The number of rotatable bonds is 4. The van der Waals surface area contributed by atoms with E-state index in [0.29, 0.717) is 16.4 Å². The molecule has 24 heavy (non-hydrogen) atoms. The van der Waals surface area contributed by atoms with Gasteiger partial charge in [-0.1, -0.05) is 41.1 Å². The maximum absolute atomic E-state index is 12.3. The number of hydrogen-bond acceptors (Lipinski definition) is 3. The lowest BCUT2D eigenvalue weighted by Gasteiger charge is -2.05. The molecule has 0 saturated carbocycles. The van der Waals surface area contributed by atoms with Crippen LogP contribution >= 0.6 is 22.9 Å². The lowest BCUT2D eigenvalue weighted by atomic mass is 10.1. The zero-order chi connectivity index (χ0) is 17.1. The normalized spacial score (nSPS) is 11.9. The Labute approximate surface area is 149 Å². The van der Waals surface area contributed by atoms with Crippen LogP contribution in [0.25, 0.3) is 10.2 Å². The van der Waals surface area contributed by atoms with E-state index in [1.165, 1.54) is 11.3 Å². The maximum Gasteiger partial charge on any atom is 0.252 e. The average molecular weight is 361 g/mol.